The van der Waals surface area contributed by atoms with E-state index in [0.29, 0.717) is 11.6 Å². The Labute approximate surface area is 103 Å². The molecule has 1 atom stereocenters. The molecule has 0 aliphatic heterocycles. The van der Waals surface area contributed by atoms with Crippen LogP contribution in [-0.4, -0.2) is 31.4 Å². The number of carbonyl (C=O) groups is 1. The molecule has 3 nitrogen and oxygen atoms in total. The monoisotopic (exact) mass is 235 g/mol. The number of aldehydes is 1. The summed E-state index contributed by atoms with van der Waals surface area (Å²) in [6.07, 6.45) is 1.97. The van der Waals surface area contributed by atoms with E-state index < -0.39 is 0 Å². The van der Waals surface area contributed by atoms with Gasteiger partial charge in [0.1, 0.15) is 12.0 Å². The SMILES string of the molecule is CCC(C)N(C)Cc1cc(C=O)ccc1OC. The van der Waals surface area contributed by atoms with Gasteiger partial charge in [-0.3, -0.25) is 9.69 Å². The number of nitrogens with zero attached hydrogens (tertiary/aromatic N) is 1. The van der Waals surface area contributed by atoms with E-state index in [9.17, 15) is 4.79 Å². The van der Waals surface area contributed by atoms with Gasteiger partial charge in [-0.2, -0.15) is 0 Å². The summed E-state index contributed by atoms with van der Waals surface area (Å²) in [6.45, 7) is 5.15. The molecule has 0 N–H and O–H groups in total. The van der Waals surface area contributed by atoms with Crippen LogP contribution in [0.2, 0.25) is 0 Å². The molecule has 0 aromatic heterocycles. The van der Waals surface area contributed by atoms with Crippen molar-refractivity contribution in [1.29, 1.82) is 0 Å². The molecular weight excluding hydrogens is 214 g/mol. The Morgan fingerprint density at radius 2 is 2.18 bits per heavy atom. The first kappa shape index (κ1) is 13.7. The molecule has 0 aliphatic rings. The van der Waals surface area contributed by atoms with E-state index in [4.69, 9.17) is 4.74 Å². The molecule has 0 spiro atoms. The summed E-state index contributed by atoms with van der Waals surface area (Å²) >= 11 is 0. The predicted octanol–water partition coefficient (Wildman–Crippen LogP) is 2.74. The summed E-state index contributed by atoms with van der Waals surface area (Å²) in [5.74, 6) is 0.839. The second-order valence-corrected chi connectivity index (χ2v) is 4.36. The number of rotatable bonds is 6. The molecule has 1 aromatic rings. The maximum atomic E-state index is 10.8. The van der Waals surface area contributed by atoms with Crippen molar-refractivity contribution in [2.24, 2.45) is 0 Å². The molecule has 3 heteroatoms. The zero-order valence-electron chi connectivity index (χ0n) is 11.1. The summed E-state index contributed by atoms with van der Waals surface area (Å²) in [4.78, 5) is 13.0. The van der Waals surface area contributed by atoms with Crippen LogP contribution in [0.1, 0.15) is 36.2 Å². The Bertz CT molecular complexity index is 376. The van der Waals surface area contributed by atoms with Gasteiger partial charge in [0.2, 0.25) is 0 Å². The molecule has 17 heavy (non-hydrogen) atoms. The third-order valence-corrected chi connectivity index (χ3v) is 3.20. The van der Waals surface area contributed by atoms with Gasteiger partial charge in [-0.1, -0.05) is 6.92 Å². The van der Waals surface area contributed by atoms with Gasteiger partial charge in [0.25, 0.3) is 0 Å². The quantitative estimate of drug-likeness (QED) is 0.710. The van der Waals surface area contributed by atoms with Crippen molar-refractivity contribution in [3.05, 3.63) is 29.3 Å². The van der Waals surface area contributed by atoms with Gasteiger partial charge < -0.3 is 4.74 Å². The lowest BCUT2D eigenvalue weighted by Crippen LogP contribution is -2.28. The number of hydrogen-bond donors (Lipinski definition) is 0. The van der Waals surface area contributed by atoms with Gasteiger partial charge in [0.05, 0.1) is 7.11 Å². The number of benzene rings is 1. The Morgan fingerprint density at radius 3 is 2.71 bits per heavy atom. The molecule has 0 saturated heterocycles. The smallest absolute Gasteiger partial charge is 0.150 e. The molecule has 0 aliphatic carbocycles. The summed E-state index contributed by atoms with van der Waals surface area (Å²) in [6, 6.07) is 6.03. The summed E-state index contributed by atoms with van der Waals surface area (Å²) < 4.78 is 5.32. The van der Waals surface area contributed by atoms with Crippen molar-refractivity contribution >= 4 is 6.29 Å². The first-order chi connectivity index (χ1) is 8.12. The minimum atomic E-state index is 0.514. The lowest BCUT2D eigenvalue weighted by molar-refractivity contribution is 0.112. The fourth-order valence-electron chi connectivity index (χ4n) is 1.73. The Balaban J connectivity index is 2.90. The molecule has 0 radical (unpaired) electrons. The lowest BCUT2D eigenvalue weighted by atomic mass is 10.1. The van der Waals surface area contributed by atoms with Crippen LogP contribution in [0.4, 0.5) is 0 Å². The van der Waals surface area contributed by atoms with Gasteiger partial charge in [0, 0.05) is 23.7 Å². The second-order valence-electron chi connectivity index (χ2n) is 4.36. The van der Waals surface area contributed by atoms with Crippen molar-refractivity contribution < 1.29 is 9.53 Å². The Kier molecular flexibility index (Phi) is 5.16. The van der Waals surface area contributed by atoms with Gasteiger partial charge in [-0.25, -0.2) is 0 Å². The third-order valence-electron chi connectivity index (χ3n) is 3.20. The van der Waals surface area contributed by atoms with Gasteiger partial charge in [-0.15, -0.1) is 0 Å². The van der Waals surface area contributed by atoms with Gasteiger partial charge in [0.15, 0.2) is 0 Å². The van der Waals surface area contributed by atoms with Crippen LogP contribution in [0.15, 0.2) is 18.2 Å². The highest BCUT2D eigenvalue weighted by Gasteiger charge is 2.11. The van der Waals surface area contributed by atoms with Crippen molar-refractivity contribution in [2.45, 2.75) is 32.9 Å². The molecule has 0 heterocycles. The van der Waals surface area contributed by atoms with Crippen LogP contribution in [-0.2, 0) is 6.54 Å². The number of carbonyl (C=O) groups excluding carboxylic acids is 1. The van der Waals surface area contributed by atoms with Crippen molar-refractivity contribution in [1.82, 2.24) is 4.90 Å². The highest BCUT2D eigenvalue weighted by atomic mass is 16.5. The molecule has 94 valence electrons. The van der Waals surface area contributed by atoms with E-state index in [2.05, 4.69) is 25.8 Å². The van der Waals surface area contributed by atoms with Crippen molar-refractivity contribution in [2.75, 3.05) is 14.2 Å². The maximum Gasteiger partial charge on any atom is 0.150 e. The topological polar surface area (TPSA) is 29.5 Å². The third kappa shape index (κ3) is 3.56. The zero-order chi connectivity index (χ0) is 12.8. The van der Waals surface area contributed by atoms with Crippen LogP contribution in [0.3, 0.4) is 0 Å². The predicted molar refractivity (Wildman–Crippen MR) is 69.6 cm³/mol. The lowest BCUT2D eigenvalue weighted by Gasteiger charge is -2.24. The van der Waals surface area contributed by atoms with E-state index in [-0.39, 0.29) is 0 Å². The second kappa shape index (κ2) is 6.40. The summed E-state index contributed by atoms with van der Waals surface area (Å²) in [7, 11) is 3.74. The number of hydrogen-bond acceptors (Lipinski definition) is 3. The maximum absolute atomic E-state index is 10.8. The fourth-order valence-corrected chi connectivity index (χ4v) is 1.73. The Morgan fingerprint density at radius 1 is 1.47 bits per heavy atom. The normalized spacial score (nSPS) is 12.5. The average molecular weight is 235 g/mol. The number of methoxy groups -OCH3 is 1. The van der Waals surface area contributed by atoms with E-state index in [1.807, 2.05) is 12.1 Å². The highest BCUT2D eigenvalue weighted by molar-refractivity contribution is 5.75. The molecule has 1 rings (SSSR count). The first-order valence-corrected chi connectivity index (χ1v) is 5.94. The zero-order valence-corrected chi connectivity index (χ0v) is 11.1. The van der Waals surface area contributed by atoms with Crippen LogP contribution in [0, 0.1) is 0 Å². The Hall–Kier alpha value is -1.35. The van der Waals surface area contributed by atoms with E-state index in [0.717, 1.165) is 30.6 Å². The van der Waals surface area contributed by atoms with Gasteiger partial charge >= 0.3 is 0 Å². The van der Waals surface area contributed by atoms with E-state index >= 15 is 0 Å². The van der Waals surface area contributed by atoms with Crippen LogP contribution >= 0.6 is 0 Å². The molecule has 0 amide bonds. The van der Waals surface area contributed by atoms with E-state index in [1.165, 1.54) is 0 Å². The highest BCUT2D eigenvalue weighted by Crippen LogP contribution is 2.21. The molecule has 1 aromatic carbocycles. The minimum Gasteiger partial charge on any atom is -0.496 e. The average Bonchev–Trinajstić information content (AvgIpc) is 2.37. The van der Waals surface area contributed by atoms with Crippen molar-refractivity contribution in [3.8, 4) is 5.75 Å². The minimum absolute atomic E-state index is 0.514. The fraction of sp³-hybridized carbons (Fsp3) is 0.500. The summed E-state index contributed by atoms with van der Waals surface area (Å²) in [5.41, 5.74) is 1.75. The molecule has 0 saturated carbocycles. The molecule has 0 bridgehead atoms. The van der Waals surface area contributed by atoms with Gasteiger partial charge in [-0.05, 0) is 38.6 Å². The summed E-state index contributed by atoms with van der Waals surface area (Å²) in [5, 5.41) is 0. The van der Waals surface area contributed by atoms with Crippen LogP contribution in [0.25, 0.3) is 0 Å². The van der Waals surface area contributed by atoms with Crippen LogP contribution in [0.5, 0.6) is 5.75 Å². The molecule has 1 unspecified atom stereocenters. The first-order valence-electron chi connectivity index (χ1n) is 5.94. The van der Waals surface area contributed by atoms with Crippen LogP contribution < -0.4 is 4.74 Å². The number of ether oxygens (including phenoxy) is 1. The molecule has 0 fully saturated rings. The van der Waals surface area contributed by atoms with Crippen molar-refractivity contribution in [3.63, 3.8) is 0 Å². The standard InChI is InChI=1S/C14H21NO2/c1-5-11(2)15(3)9-13-8-12(10-16)6-7-14(13)17-4/h6-8,10-11H,5,9H2,1-4H3. The van der Waals surface area contributed by atoms with E-state index in [1.54, 1.807) is 13.2 Å². The largest absolute Gasteiger partial charge is 0.496 e. The molecular formula is C14H21NO2.